The Morgan fingerprint density at radius 3 is 2.69 bits per heavy atom. The fraction of sp³-hybridized carbons (Fsp3) is 0.263. The minimum atomic E-state index is -1.07. The van der Waals surface area contributed by atoms with Crippen LogP contribution in [0.3, 0.4) is 0 Å². The van der Waals surface area contributed by atoms with Crippen LogP contribution in [0, 0.1) is 0 Å². The van der Waals surface area contributed by atoms with E-state index in [0.29, 0.717) is 22.7 Å². The fourth-order valence-corrected chi connectivity index (χ4v) is 3.54. The lowest BCUT2D eigenvalue weighted by molar-refractivity contribution is 0.0689. The third-order valence-electron chi connectivity index (χ3n) is 4.47. The first kappa shape index (κ1) is 16.7. The molecule has 1 N–H and O–H groups in total. The summed E-state index contributed by atoms with van der Waals surface area (Å²) in [7, 11) is 0. The Balaban J connectivity index is 2.12. The Hall–Kier alpha value is -2.73. The number of carboxylic acids is 1. The molecule has 1 aliphatic heterocycles. The zero-order valence-electron chi connectivity index (χ0n) is 14.6. The molecule has 3 aromatic rings. The number of hydrogen-bond acceptors (Lipinski definition) is 4. The number of nitrogens with zero attached hydrogens (tertiary/aromatic N) is 4. The van der Waals surface area contributed by atoms with Crippen LogP contribution in [-0.4, -0.2) is 30.6 Å². The van der Waals surface area contributed by atoms with Gasteiger partial charge in [0.25, 0.3) is 0 Å². The Labute approximate surface area is 155 Å². The lowest BCUT2D eigenvalue weighted by Crippen LogP contribution is -2.19. The number of benzene rings is 1. The van der Waals surface area contributed by atoms with Gasteiger partial charge in [-0.1, -0.05) is 32.4 Å². The van der Waals surface area contributed by atoms with Crippen molar-refractivity contribution >= 4 is 17.6 Å². The van der Waals surface area contributed by atoms with Crippen molar-refractivity contribution in [2.45, 2.75) is 32.6 Å². The van der Waals surface area contributed by atoms with Gasteiger partial charge in [-0.3, -0.25) is 4.57 Å². The number of carbonyl (C=O) groups is 1. The molecule has 6 nitrogen and oxygen atoms in total. The molecule has 2 aromatic heterocycles. The van der Waals surface area contributed by atoms with Crippen molar-refractivity contribution in [1.29, 1.82) is 0 Å². The Morgan fingerprint density at radius 2 is 2.00 bits per heavy atom. The van der Waals surface area contributed by atoms with Crippen molar-refractivity contribution in [1.82, 2.24) is 19.5 Å². The SMILES string of the molecule is CC(C)(C)c1ncc2n1-c1cc(Cl)ccc1-c1ncnc(C(=O)O)c1C2. The molecule has 132 valence electrons. The van der Waals surface area contributed by atoms with Gasteiger partial charge in [-0.15, -0.1) is 0 Å². The first-order chi connectivity index (χ1) is 12.3. The van der Waals surface area contributed by atoms with Crippen LogP contribution in [0.5, 0.6) is 0 Å². The molecule has 0 radical (unpaired) electrons. The van der Waals surface area contributed by atoms with Crippen molar-refractivity contribution in [3.8, 4) is 16.9 Å². The standard InChI is InChI=1S/C19H17ClN4O2/c1-19(2,3)18-21-8-11-7-13-15(22-9-23-16(13)17(25)26)12-5-4-10(20)6-14(12)24(11)18/h4-6,8-9H,7H2,1-3H3,(H,25,26). The molecular formula is C19H17ClN4O2. The summed E-state index contributed by atoms with van der Waals surface area (Å²) >= 11 is 6.28. The molecular weight excluding hydrogens is 352 g/mol. The van der Waals surface area contributed by atoms with E-state index in [9.17, 15) is 9.90 Å². The van der Waals surface area contributed by atoms with Gasteiger partial charge in [-0.2, -0.15) is 0 Å². The summed E-state index contributed by atoms with van der Waals surface area (Å²) in [5.74, 6) is -0.183. The van der Waals surface area contributed by atoms with Crippen LogP contribution in [0.15, 0.2) is 30.7 Å². The predicted octanol–water partition coefficient (Wildman–Crippen LogP) is 3.88. The number of halogens is 1. The van der Waals surface area contributed by atoms with E-state index >= 15 is 0 Å². The maximum Gasteiger partial charge on any atom is 0.354 e. The fourth-order valence-electron chi connectivity index (χ4n) is 3.38. The van der Waals surface area contributed by atoms with Crippen LogP contribution in [0.2, 0.25) is 5.02 Å². The van der Waals surface area contributed by atoms with Crippen molar-refractivity contribution in [3.05, 3.63) is 58.5 Å². The summed E-state index contributed by atoms with van der Waals surface area (Å²) in [4.78, 5) is 24.7. The van der Waals surface area contributed by atoms with Gasteiger partial charge in [0.1, 0.15) is 12.2 Å². The van der Waals surface area contributed by atoms with Crippen LogP contribution in [0.4, 0.5) is 0 Å². The largest absolute Gasteiger partial charge is 0.476 e. The van der Waals surface area contributed by atoms with Crippen molar-refractivity contribution in [2.24, 2.45) is 0 Å². The van der Waals surface area contributed by atoms with E-state index in [0.717, 1.165) is 22.8 Å². The van der Waals surface area contributed by atoms with Gasteiger partial charge in [-0.05, 0) is 18.2 Å². The molecule has 0 fully saturated rings. The van der Waals surface area contributed by atoms with E-state index in [2.05, 4.69) is 40.3 Å². The van der Waals surface area contributed by atoms with Crippen LogP contribution in [0.25, 0.3) is 16.9 Å². The molecule has 0 amide bonds. The second-order valence-electron chi connectivity index (χ2n) is 7.35. The summed E-state index contributed by atoms with van der Waals surface area (Å²) in [5.41, 5.74) is 3.57. The minimum absolute atomic E-state index is 0.0165. The normalized spacial score (nSPS) is 12.8. The van der Waals surface area contributed by atoms with Gasteiger partial charge in [0.15, 0.2) is 5.69 Å². The lowest BCUT2D eigenvalue weighted by Gasteiger charge is -2.22. The summed E-state index contributed by atoms with van der Waals surface area (Å²) in [6, 6.07) is 5.52. The first-order valence-corrected chi connectivity index (χ1v) is 8.59. The second kappa shape index (κ2) is 5.64. The third-order valence-corrected chi connectivity index (χ3v) is 4.70. The summed E-state index contributed by atoms with van der Waals surface area (Å²) in [5, 5.41) is 10.2. The summed E-state index contributed by atoms with van der Waals surface area (Å²) in [6.45, 7) is 6.27. The topological polar surface area (TPSA) is 80.9 Å². The average molecular weight is 369 g/mol. The Morgan fingerprint density at radius 1 is 1.23 bits per heavy atom. The van der Waals surface area contributed by atoms with Gasteiger partial charge in [-0.25, -0.2) is 19.7 Å². The number of hydrogen-bond donors (Lipinski definition) is 1. The smallest absolute Gasteiger partial charge is 0.354 e. The minimum Gasteiger partial charge on any atom is -0.476 e. The second-order valence-corrected chi connectivity index (χ2v) is 7.79. The zero-order chi connectivity index (χ0) is 18.6. The van der Waals surface area contributed by atoms with E-state index in [1.807, 2.05) is 12.1 Å². The predicted molar refractivity (Wildman–Crippen MR) is 98.1 cm³/mol. The van der Waals surface area contributed by atoms with Gasteiger partial charge in [0.05, 0.1) is 11.4 Å². The van der Waals surface area contributed by atoms with Gasteiger partial charge in [0.2, 0.25) is 0 Å². The van der Waals surface area contributed by atoms with Gasteiger partial charge < -0.3 is 5.11 Å². The Kier molecular flexibility index (Phi) is 3.63. The van der Waals surface area contributed by atoms with E-state index in [1.165, 1.54) is 6.33 Å². The maximum absolute atomic E-state index is 11.7. The molecule has 0 unspecified atom stereocenters. The molecule has 0 atom stereocenters. The molecule has 0 saturated heterocycles. The molecule has 0 spiro atoms. The highest BCUT2D eigenvalue weighted by Crippen LogP contribution is 2.38. The number of carboxylic acid groups (broad SMARTS) is 1. The van der Waals surface area contributed by atoms with Crippen LogP contribution in [-0.2, 0) is 11.8 Å². The quantitative estimate of drug-likeness (QED) is 0.551. The highest BCUT2D eigenvalue weighted by molar-refractivity contribution is 6.30. The van der Waals surface area contributed by atoms with Gasteiger partial charge >= 0.3 is 5.97 Å². The number of aromatic nitrogens is 4. The molecule has 4 rings (SSSR count). The molecule has 3 heterocycles. The average Bonchev–Trinajstić information content (AvgIpc) is 2.93. The van der Waals surface area contributed by atoms with Crippen LogP contribution < -0.4 is 0 Å². The number of rotatable bonds is 1. The number of imidazole rings is 1. The van der Waals surface area contributed by atoms with Crippen molar-refractivity contribution in [2.75, 3.05) is 0 Å². The lowest BCUT2D eigenvalue weighted by atomic mass is 9.95. The van der Waals surface area contributed by atoms with E-state index in [4.69, 9.17) is 11.6 Å². The van der Waals surface area contributed by atoms with Gasteiger partial charge in [0, 0.05) is 39.9 Å². The molecule has 26 heavy (non-hydrogen) atoms. The van der Waals surface area contributed by atoms with E-state index in [1.54, 1.807) is 12.3 Å². The summed E-state index contributed by atoms with van der Waals surface area (Å²) < 4.78 is 2.06. The molecule has 1 aliphatic rings. The monoisotopic (exact) mass is 368 g/mol. The van der Waals surface area contributed by atoms with Crippen LogP contribution in [0.1, 0.15) is 48.3 Å². The number of fused-ring (bicyclic) bond motifs is 5. The zero-order valence-corrected chi connectivity index (χ0v) is 15.4. The Bertz CT molecular complexity index is 1050. The molecule has 7 heteroatoms. The van der Waals surface area contributed by atoms with Crippen LogP contribution >= 0.6 is 11.6 Å². The third kappa shape index (κ3) is 2.49. The van der Waals surface area contributed by atoms with Crippen molar-refractivity contribution in [3.63, 3.8) is 0 Å². The summed E-state index contributed by atoms with van der Waals surface area (Å²) in [6.07, 6.45) is 3.47. The molecule has 0 bridgehead atoms. The van der Waals surface area contributed by atoms with E-state index < -0.39 is 5.97 Å². The first-order valence-electron chi connectivity index (χ1n) is 8.22. The maximum atomic E-state index is 11.7. The highest BCUT2D eigenvalue weighted by Gasteiger charge is 2.30. The molecule has 0 saturated carbocycles. The molecule has 0 aliphatic carbocycles. The van der Waals surface area contributed by atoms with E-state index in [-0.39, 0.29) is 11.1 Å². The highest BCUT2D eigenvalue weighted by atomic mass is 35.5. The molecule has 1 aromatic carbocycles. The van der Waals surface area contributed by atoms with Crippen molar-refractivity contribution < 1.29 is 9.90 Å². The number of aromatic carboxylic acids is 1.